The highest BCUT2D eigenvalue weighted by atomic mass is 32.2. The van der Waals surface area contributed by atoms with E-state index in [-0.39, 0.29) is 294 Å². The average Bonchev–Trinajstić information content (AvgIpc) is 3.21. The minimum atomic E-state index is -0.361. The SMILES string of the molecule is C.C.C.C.C.C.C.C.C.C.C.C.C.C.C.C.C.C.C.C.C.C.C.C.C.C.C.C.C.C.C.C.C.C.C=C[C@@H](CCCCCCCC(=O)OC)OC.C=C[C@H](O)CCCCCCCC(=O)OC.[3H]C(PC)SO[C@@H](C=C)CCCCCCCC(=O)OC.[3H]CPC. The van der Waals surface area contributed by atoms with Crippen molar-refractivity contribution in [2.75, 3.05) is 53.9 Å². The Morgan fingerprint density at radius 3 is 0.816 bits per heavy atom. The fourth-order valence-electron chi connectivity index (χ4n) is 4.55. The van der Waals surface area contributed by atoms with Crippen LogP contribution >= 0.6 is 29.2 Å². The Morgan fingerprint density at radius 2 is 0.621 bits per heavy atom. The third kappa shape index (κ3) is 255. The molecular weight excluding hydrogens is 1140 g/mol. The summed E-state index contributed by atoms with van der Waals surface area (Å²) in [5.74, 6) is -0.355. The average molecular weight is 1360 g/mol. The summed E-state index contributed by atoms with van der Waals surface area (Å²) in [5, 5.41) is 9.19. The van der Waals surface area contributed by atoms with Gasteiger partial charge in [-0.25, -0.2) is 0 Å². The van der Waals surface area contributed by atoms with Crippen LogP contribution in [0.25, 0.3) is 0 Å². The molecule has 0 radical (unpaired) electrons. The predicted molar refractivity (Wildman–Crippen MR) is 461 cm³/mol. The molecule has 586 valence electrons. The van der Waals surface area contributed by atoms with Gasteiger partial charge in [0.05, 0.1) is 39.6 Å². The molecule has 0 fully saturated rings. The summed E-state index contributed by atoms with van der Waals surface area (Å²) < 4.78 is 38.5. The lowest BCUT2D eigenvalue weighted by Gasteiger charge is -2.11. The molecule has 0 aromatic carbocycles. The summed E-state index contributed by atoms with van der Waals surface area (Å²) in [6.45, 7) is 15.6. The highest BCUT2D eigenvalue weighted by molar-refractivity contribution is 7.99. The first kappa shape index (κ1) is 249. The monoisotopic (exact) mass is 1360 g/mol. The van der Waals surface area contributed by atoms with Crippen LogP contribution in [-0.4, -0.2) is 95.2 Å². The van der Waals surface area contributed by atoms with Gasteiger partial charge in [-0.1, -0.05) is 348 Å². The van der Waals surface area contributed by atoms with Crippen molar-refractivity contribution >= 4 is 47.1 Å². The molecule has 0 aliphatic heterocycles. The molecule has 0 heterocycles. The number of carbonyl (C=O) groups is 3. The molecule has 0 amide bonds. The molecule has 0 aromatic heterocycles. The maximum atomic E-state index is 10.9. The molecular formula is C75H216O9P2S. The van der Waals surface area contributed by atoms with Gasteiger partial charge in [-0.2, -0.15) is 0 Å². The highest BCUT2D eigenvalue weighted by Crippen LogP contribution is 2.20. The zero-order valence-electron chi connectivity index (χ0n) is 36.3. The van der Waals surface area contributed by atoms with Crippen LogP contribution in [0.15, 0.2) is 38.0 Å². The number of aliphatic hydroxyl groups is 1. The van der Waals surface area contributed by atoms with Crippen LogP contribution in [0.5, 0.6) is 0 Å². The second-order valence-electron chi connectivity index (χ2n) is 12.2. The number of unbranched alkanes of at least 4 members (excludes halogenated alkanes) is 12. The number of esters is 3. The first-order valence-electron chi connectivity index (χ1n) is 20.4. The summed E-state index contributed by atoms with van der Waals surface area (Å²) in [4.78, 5) is 32.5. The van der Waals surface area contributed by atoms with Crippen molar-refractivity contribution < 1.29 is 45.4 Å². The largest absolute Gasteiger partial charge is 0.469 e. The van der Waals surface area contributed by atoms with Crippen molar-refractivity contribution in [2.45, 2.75) is 406 Å². The van der Waals surface area contributed by atoms with Crippen LogP contribution in [0.2, 0.25) is 0 Å². The van der Waals surface area contributed by atoms with Gasteiger partial charge in [0.25, 0.3) is 0 Å². The summed E-state index contributed by atoms with van der Waals surface area (Å²) in [6, 6.07) is 0. The van der Waals surface area contributed by atoms with E-state index in [2.05, 4.69) is 33.9 Å². The van der Waals surface area contributed by atoms with Crippen LogP contribution in [0.1, 0.15) is 390 Å². The quantitative estimate of drug-likeness (QED) is 0.0174. The maximum Gasteiger partial charge on any atom is 0.305 e. The summed E-state index contributed by atoms with van der Waals surface area (Å²) in [6.07, 6.45) is 25.5. The second kappa shape index (κ2) is 240. The molecule has 0 spiro atoms. The van der Waals surface area contributed by atoms with Crippen molar-refractivity contribution in [1.29, 1.82) is 0 Å². The van der Waals surface area contributed by atoms with E-state index in [0.717, 1.165) is 111 Å². The summed E-state index contributed by atoms with van der Waals surface area (Å²) in [5.41, 5.74) is -0.184. The minimum absolute atomic E-state index is 0. The van der Waals surface area contributed by atoms with Gasteiger partial charge in [-0.15, -0.1) is 36.9 Å². The predicted octanol–water partition coefficient (Wildman–Crippen LogP) is 32.5. The number of carbonyl (C=O) groups excluding carboxylic acids is 3. The van der Waals surface area contributed by atoms with Crippen LogP contribution < -0.4 is 0 Å². The van der Waals surface area contributed by atoms with Gasteiger partial charge in [-0.3, -0.25) is 14.4 Å². The fraction of sp³-hybridized carbons (Fsp3) is 0.880. The summed E-state index contributed by atoms with van der Waals surface area (Å²) in [7, 11) is 7.36. The molecule has 0 aliphatic carbocycles. The number of hydrogen-bond donors (Lipinski definition) is 1. The first-order valence-corrected chi connectivity index (χ1v) is 23.2. The molecule has 1 N–H and O–H groups in total. The first-order chi connectivity index (χ1) is 26.5. The Balaban J connectivity index is -0.00000000999. The van der Waals surface area contributed by atoms with Gasteiger partial charge >= 0.3 is 17.9 Å². The van der Waals surface area contributed by atoms with E-state index in [1.54, 1.807) is 13.2 Å². The lowest BCUT2D eigenvalue weighted by molar-refractivity contribution is -0.141. The Morgan fingerprint density at radius 1 is 0.402 bits per heavy atom. The van der Waals surface area contributed by atoms with E-state index in [4.69, 9.17) is 11.7 Å². The van der Waals surface area contributed by atoms with Crippen molar-refractivity contribution in [3.05, 3.63) is 38.0 Å². The zero-order chi connectivity index (χ0) is 42.4. The molecule has 0 aliphatic rings. The zero-order valence-corrected chi connectivity index (χ0v) is 37.2. The van der Waals surface area contributed by atoms with Crippen LogP contribution in [0, 0.1) is 0 Å². The Kier molecular flexibility index (Phi) is 687. The van der Waals surface area contributed by atoms with E-state index >= 15 is 0 Å². The van der Waals surface area contributed by atoms with Crippen molar-refractivity contribution in [3.8, 4) is 0 Å². The van der Waals surface area contributed by atoms with Crippen LogP contribution in [-0.2, 0) is 37.5 Å². The van der Waals surface area contributed by atoms with Gasteiger partial charge in [0.2, 0.25) is 0 Å². The van der Waals surface area contributed by atoms with Gasteiger partial charge in [0.1, 0.15) is 0 Å². The topological polar surface area (TPSA) is 118 Å². The normalized spacial score (nSPS) is 8.13. The number of hydrogen-bond acceptors (Lipinski definition) is 10. The Bertz CT molecular complexity index is 900. The number of ether oxygens (including phenoxy) is 4. The van der Waals surface area contributed by atoms with Gasteiger partial charge in [0, 0.05) is 34.6 Å². The molecule has 0 saturated heterocycles. The molecule has 0 rings (SSSR count). The lowest BCUT2D eigenvalue weighted by atomic mass is 10.1. The van der Waals surface area contributed by atoms with Gasteiger partial charge in [0.15, 0.2) is 0 Å². The number of aliphatic hydroxyl groups excluding tert-OH is 1. The number of methoxy groups -OCH3 is 4. The van der Waals surface area contributed by atoms with Crippen LogP contribution in [0.4, 0.5) is 0 Å². The second-order valence-corrected chi connectivity index (χ2v) is 14.8. The molecule has 0 saturated carbocycles. The third-order valence-corrected chi connectivity index (χ3v) is 9.43. The van der Waals surface area contributed by atoms with Crippen molar-refractivity contribution in [2.24, 2.45) is 0 Å². The van der Waals surface area contributed by atoms with E-state index in [1.165, 1.54) is 46.2 Å². The Labute approximate surface area is 587 Å². The molecule has 9 nitrogen and oxygen atoms in total. The smallest absolute Gasteiger partial charge is 0.305 e. The number of rotatable bonds is 32. The minimum Gasteiger partial charge on any atom is -0.469 e. The van der Waals surface area contributed by atoms with E-state index < -0.39 is 0 Å². The molecule has 0 aromatic rings. The van der Waals surface area contributed by atoms with Gasteiger partial charge in [-0.05, 0) is 70.5 Å². The third-order valence-electron chi connectivity index (χ3n) is 7.75. The van der Waals surface area contributed by atoms with E-state index in [1.807, 2.05) is 25.5 Å². The van der Waals surface area contributed by atoms with Crippen molar-refractivity contribution in [3.63, 3.8) is 0 Å². The standard InChI is InChI=1S/C14H27O3PS.C13H24O3.C12H22O3.C2H7P.34CH4/c1-4-13(17-19-12-18-3)10-8-6-5-7-9-11-14(15)16-2;1-4-12(15-2)10-8-6-5-7-9-11-13(14)16-3;1-3-11(13)9-7-5-4-6-8-10-12(14)15-2;1-3-2;;;;;;;;;;;;;;;;;;;;;;;;;;;;;;;;;;/h4,13,18H,1,5-12H2,2-3H3;4,12H,1,5-11H2,2-3H3;3,11,13H,1,4-10H2,2H3;3H,1-2H3;34*1H4/t13-;12-;11-;;;;;;;;;;;;;;;;;;;;;;;;;;;;;;;;;;;/m000.................................../s1/i12T;;;1T;;;;;;;;;;;;;;;;;;;;;;;;;;;;;;;;;;/t12?,13-;;;;;;;;;;;;;;;;;;;;;;;;;;;;;;;;;;;;;. The van der Waals surface area contributed by atoms with E-state index in [0.29, 0.717) is 34.5 Å². The Hall–Kier alpha value is -1.28. The molecule has 87 heavy (non-hydrogen) atoms. The molecule has 3 unspecified atom stereocenters. The van der Waals surface area contributed by atoms with Crippen LogP contribution in [0.3, 0.4) is 0 Å². The van der Waals surface area contributed by atoms with E-state index in [9.17, 15) is 19.5 Å². The molecule has 12 heteroatoms. The molecule has 6 atom stereocenters. The summed E-state index contributed by atoms with van der Waals surface area (Å²) >= 11 is 1.24. The van der Waals surface area contributed by atoms with Crippen molar-refractivity contribution in [1.82, 2.24) is 0 Å². The maximum absolute atomic E-state index is 10.9. The highest BCUT2D eigenvalue weighted by Gasteiger charge is 2.06. The fourth-order valence-corrected chi connectivity index (χ4v) is 5.48. The molecule has 0 bridgehead atoms. The van der Waals surface area contributed by atoms with Gasteiger partial charge < -0.3 is 28.2 Å². The lowest BCUT2D eigenvalue weighted by Crippen LogP contribution is -2.05.